The van der Waals surface area contributed by atoms with E-state index in [0.717, 1.165) is 10.0 Å². The molecule has 0 unspecified atom stereocenters. The highest BCUT2D eigenvalue weighted by molar-refractivity contribution is 9.10. The number of primary amides is 1. The lowest BCUT2D eigenvalue weighted by molar-refractivity contribution is -0.119. The van der Waals surface area contributed by atoms with Crippen molar-refractivity contribution in [2.45, 2.75) is 26.4 Å². The Labute approximate surface area is 98.2 Å². The first-order chi connectivity index (χ1) is 7.00. The number of amides is 1. The fraction of sp³-hybridized carbons (Fsp3) is 0.364. The summed E-state index contributed by atoms with van der Waals surface area (Å²) in [5.41, 5.74) is 7.47. The van der Waals surface area contributed by atoms with Crippen LogP contribution in [0.25, 0.3) is 0 Å². The highest BCUT2D eigenvalue weighted by atomic mass is 79.9. The second kappa shape index (κ2) is 5.28. The van der Waals surface area contributed by atoms with E-state index in [4.69, 9.17) is 5.73 Å². The van der Waals surface area contributed by atoms with Gasteiger partial charge in [0.05, 0.1) is 6.04 Å². The maximum absolute atomic E-state index is 10.8. The summed E-state index contributed by atoms with van der Waals surface area (Å²) < 4.78 is 1.05. The summed E-state index contributed by atoms with van der Waals surface area (Å²) in [6.07, 6.45) is 0. The predicted octanol–water partition coefficient (Wildman–Crippen LogP) is 1.72. The zero-order chi connectivity index (χ0) is 11.4. The second-order valence-corrected chi connectivity index (χ2v) is 4.45. The number of nitrogens with two attached hydrogens (primary N) is 1. The van der Waals surface area contributed by atoms with Gasteiger partial charge >= 0.3 is 0 Å². The molecule has 0 spiro atoms. The molecule has 1 rings (SSSR count). The van der Waals surface area contributed by atoms with Crippen molar-refractivity contribution in [2.75, 3.05) is 0 Å². The van der Waals surface area contributed by atoms with Gasteiger partial charge in [-0.15, -0.1) is 0 Å². The van der Waals surface area contributed by atoms with Gasteiger partial charge in [0.25, 0.3) is 0 Å². The van der Waals surface area contributed by atoms with Gasteiger partial charge in [0.15, 0.2) is 0 Å². The summed E-state index contributed by atoms with van der Waals surface area (Å²) in [6, 6.07) is 5.81. The summed E-state index contributed by atoms with van der Waals surface area (Å²) in [6.45, 7) is 4.42. The van der Waals surface area contributed by atoms with E-state index in [-0.39, 0.29) is 11.9 Å². The number of benzene rings is 1. The van der Waals surface area contributed by atoms with Crippen LogP contribution in [0.15, 0.2) is 22.7 Å². The molecule has 4 heteroatoms. The van der Waals surface area contributed by atoms with Gasteiger partial charge in [0.1, 0.15) is 0 Å². The monoisotopic (exact) mass is 270 g/mol. The molecule has 3 nitrogen and oxygen atoms in total. The van der Waals surface area contributed by atoms with Crippen molar-refractivity contribution in [3.8, 4) is 0 Å². The molecule has 0 saturated carbocycles. The van der Waals surface area contributed by atoms with Crippen molar-refractivity contribution in [2.24, 2.45) is 5.73 Å². The van der Waals surface area contributed by atoms with Crippen LogP contribution in [0.4, 0.5) is 0 Å². The van der Waals surface area contributed by atoms with Crippen LogP contribution in [0.1, 0.15) is 18.1 Å². The Balaban J connectivity index is 2.62. The topological polar surface area (TPSA) is 55.1 Å². The molecule has 1 amide bonds. The van der Waals surface area contributed by atoms with Gasteiger partial charge in [-0.3, -0.25) is 4.79 Å². The Bertz CT molecular complexity index is 366. The van der Waals surface area contributed by atoms with Crippen molar-refractivity contribution < 1.29 is 4.79 Å². The number of aryl methyl sites for hydroxylation is 1. The van der Waals surface area contributed by atoms with Gasteiger partial charge in [-0.25, -0.2) is 0 Å². The molecule has 0 aliphatic carbocycles. The average molecular weight is 271 g/mol. The normalized spacial score (nSPS) is 12.5. The number of halogens is 1. The van der Waals surface area contributed by atoms with E-state index in [1.165, 1.54) is 5.56 Å². The first-order valence-electron chi connectivity index (χ1n) is 4.78. The van der Waals surface area contributed by atoms with Crippen LogP contribution >= 0.6 is 15.9 Å². The van der Waals surface area contributed by atoms with Crippen LogP contribution in [-0.2, 0) is 11.3 Å². The van der Waals surface area contributed by atoms with Crippen LogP contribution in [0.5, 0.6) is 0 Å². The zero-order valence-electron chi connectivity index (χ0n) is 8.88. The molecule has 15 heavy (non-hydrogen) atoms. The fourth-order valence-electron chi connectivity index (χ4n) is 1.16. The SMILES string of the molecule is Cc1ccc(CN[C@@H](C)C(N)=O)c(Br)c1. The Morgan fingerprint density at radius 2 is 2.27 bits per heavy atom. The maximum Gasteiger partial charge on any atom is 0.234 e. The molecule has 3 N–H and O–H groups in total. The summed E-state index contributed by atoms with van der Waals surface area (Å²) in [4.78, 5) is 10.8. The van der Waals surface area contributed by atoms with E-state index in [1.807, 2.05) is 25.1 Å². The van der Waals surface area contributed by atoms with E-state index in [2.05, 4.69) is 21.2 Å². The minimum atomic E-state index is -0.335. The molecule has 82 valence electrons. The molecule has 0 radical (unpaired) electrons. The Hall–Kier alpha value is -0.870. The first kappa shape index (κ1) is 12.2. The molecule has 0 aliphatic rings. The standard InChI is InChI=1S/C11H15BrN2O/c1-7-3-4-9(10(12)5-7)6-14-8(2)11(13)15/h3-5,8,14H,6H2,1-2H3,(H2,13,15)/t8-/m0/s1. The van der Waals surface area contributed by atoms with Crippen LogP contribution in [0, 0.1) is 6.92 Å². The van der Waals surface area contributed by atoms with Crippen molar-refractivity contribution in [3.05, 3.63) is 33.8 Å². The Morgan fingerprint density at radius 1 is 1.60 bits per heavy atom. The van der Waals surface area contributed by atoms with Crippen LogP contribution in [0.2, 0.25) is 0 Å². The van der Waals surface area contributed by atoms with Gasteiger partial charge < -0.3 is 11.1 Å². The third-order valence-electron chi connectivity index (χ3n) is 2.23. The first-order valence-corrected chi connectivity index (χ1v) is 5.57. The predicted molar refractivity (Wildman–Crippen MR) is 64.4 cm³/mol. The molecular weight excluding hydrogens is 256 g/mol. The summed E-state index contributed by atoms with van der Waals surface area (Å²) >= 11 is 3.48. The lowest BCUT2D eigenvalue weighted by Crippen LogP contribution is -2.38. The molecule has 0 aromatic heterocycles. The third kappa shape index (κ3) is 3.64. The van der Waals surface area contributed by atoms with E-state index in [0.29, 0.717) is 6.54 Å². The summed E-state index contributed by atoms with van der Waals surface area (Å²) in [7, 11) is 0. The summed E-state index contributed by atoms with van der Waals surface area (Å²) in [5, 5.41) is 3.05. The molecule has 0 bridgehead atoms. The highest BCUT2D eigenvalue weighted by Gasteiger charge is 2.08. The minimum absolute atomic E-state index is 0.307. The largest absolute Gasteiger partial charge is 0.368 e. The number of hydrogen-bond acceptors (Lipinski definition) is 2. The lowest BCUT2D eigenvalue weighted by atomic mass is 10.1. The van der Waals surface area contributed by atoms with Crippen LogP contribution in [0.3, 0.4) is 0 Å². The maximum atomic E-state index is 10.8. The van der Waals surface area contributed by atoms with Gasteiger partial charge in [-0.1, -0.05) is 28.1 Å². The van der Waals surface area contributed by atoms with Gasteiger partial charge in [0.2, 0.25) is 5.91 Å². The lowest BCUT2D eigenvalue weighted by Gasteiger charge is -2.11. The Morgan fingerprint density at radius 3 is 2.80 bits per heavy atom. The smallest absolute Gasteiger partial charge is 0.234 e. The quantitative estimate of drug-likeness (QED) is 0.876. The van der Waals surface area contributed by atoms with Crippen LogP contribution in [-0.4, -0.2) is 11.9 Å². The van der Waals surface area contributed by atoms with Gasteiger partial charge in [-0.2, -0.15) is 0 Å². The molecule has 1 aromatic rings. The molecule has 1 aromatic carbocycles. The number of hydrogen-bond donors (Lipinski definition) is 2. The number of nitrogens with one attached hydrogen (secondary N) is 1. The van der Waals surface area contributed by atoms with E-state index < -0.39 is 0 Å². The molecule has 0 fully saturated rings. The fourth-order valence-corrected chi connectivity index (χ4v) is 1.79. The number of carbonyl (C=O) groups is 1. The van der Waals surface area contributed by atoms with Gasteiger partial charge in [-0.05, 0) is 31.0 Å². The highest BCUT2D eigenvalue weighted by Crippen LogP contribution is 2.18. The average Bonchev–Trinajstić information content (AvgIpc) is 2.15. The van der Waals surface area contributed by atoms with E-state index >= 15 is 0 Å². The van der Waals surface area contributed by atoms with Crippen molar-refractivity contribution >= 4 is 21.8 Å². The number of rotatable bonds is 4. The van der Waals surface area contributed by atoms with Crippen molar-refractivity contribution in [1.29, 1.82) is 0 Å². The summed E-state index contributed by atoms with van der Waals surface area (Å²) in [5.74, 6) is -0.335. The molecule has 0 saturated heterocycles. The van der Waals surface area contributed by atoms with E-state index in [9.17, 15) is 4.79 Å². The number of carbonyl (C=O) groups excluding carboxylic acids is 1. The molecule has 0 heterocycles. The van der Waals surface area contributed by atoms with Crippen LogP contribution < -0.4 is 11.1 Å². The molecule has 0 aliphatic heterocycles. The van der Waals surface area contributed by atoms with Gasteiger partial charge in [0, 0.05) is 11.0 Å². The zero-order valence-corrected chi connectivity index (χ0v) is 10.5. The van der Waals surface area contributed by atoms with Crippen molar-refractivity contribution in [1.82, 2.24) is 5.32 Å². The van der Waals surface area contributed by atoms with Crippen molar-refractivity contribution in [3.63, 3.8) is 0 Å². The Kier molecular flexibility index (Phi) is 4.29. The molecular formula is C11H15BrN2O. The molecule has 1 atom stereocenters. The minimum Gasteiger partial charge on any atom is -0.368 e. The second-order valence-electron chi connectivity index (χ2n) is 3.60. The van der Waals surface area contributed by atoms with E-state index in [1.54, 1.807) is 6.92 Å². The third-order valence-corrected chi connectivity index (χ3v) is 2.97.